The molecule has 3 aromatic heterocycles. The quantitative estimate of drug-likeness (QED) is 0.166. The Morgan fingerprint density at radius 3 is 2.62 bits per heavy atom. The number of rotatable bonds is 11. The summed E-state index contributed by atoms with van der Waals surface area (Å²) in [5.74, 6) is 0.405. The highest BCUT2D eigenvalue weighted by Crippen LogP contribution is 2.17. The van der Waals surface area contributed by atoms with Gasteiger partial charge in [0.05, 0.1) is 5.69 Å². The van der Waals surface area contributed by atoms with E-state index in [2.05, 4.69) is 38.4 Å². The molecule has 0 radical (unpaired) electrons. The van der Waals surface area contributed by atoms with E-state index < -0.39 is 29.4 Å². The molecule has 3 N–H and O–H groups in total. The molecule has 2 unspecified atom stereocenters. The molecular weight excluding hydrogens is 580 g/mol. The van der Waals surface area contributed by atoms with Crippen LogP contribution in [0.5, 0.6) is 0 Å². The molecule has 3 aromatic rings. The molecule has 3 amide bonds. The van der Waals surface area contributed by atoms with Crippen molar-refractivity contribution in [3.8, 4) is 12.3 Å². The van der Waals surface area contributed by atoms with Crippen LogP contribution in [0, 0.1) is 25.2 Å². The topological polar surface area (TPSA) is 175 Å². The molecule has 45 heavy (non-hydrogen) atoms. The van der Waals surface area contributed by atoms with Crippen molar-refractivity contribution >= 4 is 29.4 Å². The molecule has 1 aliphatic rings. The van der Waals surface area contributed by atoms with Crippen molar-refractivity contribution in [3.05, 3.63) is 88.4 Å². The van der Waals surface area contributed by atoms with E-state index in [9.17, 15) is 24.0 Å². The van der Waals surface area contributed by atoms with E-state index >= 15 is 0 Å². The number of ether oxygens (including phenoxy) is 1. The van der Waals surface area contributed by atoms with Gasteiger partial charge in [0, 0.05) is 43.0 Å². The van der Waals surface area contributed by atoms with E-state index in [1.165, 1.54) is 36.5 Å². The van der Waals surface area contributed by atoms with Crippen molar-refractivity contribution < 1.29 is 28.4 Å². The highest BCUT2D eigenvalue weighted by molar-refractivity contribution is 6.02. The summed E-state index contributed by atoms with van der Waals surface area (Å²) in [5.41, 5.74) is -0.0619. The Hall–Kier alpha value is -5.51. The number of nitrogens with one attached hydrogen (secondary N) is 3. The van der Waals surface area contributed by atoms with Crippen molar-refractivity contribution in [3.63, 3.8) is 0 Å². The molecule has 0 saturated carbocycles. The first-order valence-electron chi connectivity index (χ1n) is 14.3. The number of aryl methyl sites for hydroxylation is 1. The van der Waals surface area contributed by atoms with Gasteiger partial charge >= 0.3 is 5.97 Å². The van der Waals surface area contributed by atoms with Gasteiger partial charge in [0.25, 0.3) is 11.5 Å². The minimum absolute atomic E-state index is 0.00850. The Balaban J connectivity index is 0.00000133. The lowest BCUT2D eigenvalue weighted by Crippen LogP contribution is -2.40. The molecule has 0 aromatic carbocycles. The van der Waals surface area contributed by atoms with E-state index in [-0.39, 0.29) is 42.8 Å². The molecule has 13 nitrogen and oxygen atoms in total. The van der Waals surface area contributed by atoms with Crippen LogP contribution in [0.25, 0.3) is 0 Å². The second kappa shape index (κ2) is 18.9. The highest BCUT2D eigenvalue weighted by atomic mass is 16.5. The van der Waals surface area contributed by atoms with Crippen LogP contribution in [-0.2, 0) is 32.3 Å². The Labute approximate surface area is 261 Å². The summed E-state index contributed by atoms with van der Waals surface area (Å²) in [6, 6.07) is 8.90. The zero-order valence-corrected chi connectivity index (χ0v) is 25.7. The minimum Gasteiger partial charge on any atom is -0.456 e. The first-order valence-corrected chi connectivity index (χ1v) is 14.3. The third-order valence-electron chi connectivity index (χ3n) is 6.04. The second-order valence-corrected chi connectivity index (χ2v) is 9.39. The van der Waals surface area contributed by atoms with E-state index in [1.807, 2.05) is 13.8 Å². The normalized spacial score (nSPS) is 14.0. The summed E-state index contributed by atoms with van der Waals surface area (Å²) in [6.07, 6.45) is 11.1. The molecule has 1 saturated heterocycles. The first kappa shape index (κ1) is 35.7. The molecular formula is C32H38N6O7. The van der Waals surface area contributed by atoms with E-state index in [0.717, 1.165) is 4.57 Å². The summed E-state index contributed by atoms with van der Waals surface area (Å²) in [4.78, 5) is 66.6. The number of anilines is 1. The number of terminal acetylenes is 1. The zero-order chi connectivity index (χ0) is 33.2. The predicted octanol–water partition coefficient (Wildman–Crippen LogP) is 2.77. The molecule has 0 spiro atoms. The van der Waals surface area contributed by atoms with Gasteiger partial charge in [-0.3, -0.25) is 24.2 Å². The standard InChI is InChI=1S/C27H28N6O7.C3H4.C2H6/c1-17-13-22(32-40-17)26(37)31-21-6-4-12-33(27(21)38)15-23(34)30-19(14-18-9-11-29-25(18)36)7-8-24(35)39-16-20-5-2-3-10-28-20;1-3-2;1-2/h2-8,10,12-13,18-19H,9,11,14-16H2,1H3,(H,29,36)(H,30,34)(H,31,37);1H,2H3;1-2H3/b8-7+;;. The molecule has 1 fully saturated rings. The van der Waals surface area contributed by atoms with Crippen LogP contribution < -0.4 is 21.5 Å². The number of esters is 1. The maximum atomic E-state index is 12.9. The lowest BCUT2D eigenvalue weighted by molar-refractivity contribution is -0.139. The number of carbonyl (C=O) groups is 4. The van der Waals surface area contributed by atoms with E-state index in [4.69, 9.17) is 9.26 Å². The van der Waals surface area contributed by atoms with Crippen LogP contribution in [0.15, 0.2) is 70.3 Å². The lowest BCUT2D eigenvalue weighted by atomic mass is 9.98. The average Bonchev–Trinajstić information content (AvgIpc) is 3.66. The van der Waals surface area contributed by atoms with Crippen LogP contribution in [0.4, 0.5) is 5.69 Å². The fraction of sp³-hybridized carbons (Fsp3) is 0.344. The molecule has 2 atom stereocenters. The molecule has 0 aliphatic carbocycles. The van der Waals surface area contributed by atoms with E-state index in [1.54, 1.807) is 38.2 Å². The Morgan fingerprint density at radius 1 is 1.24 bits per heavy atom. The fourth-order valence-electron chi connectivity index (χ4n) is 4.06. The Kier molecular flexibility index (Phi) is 15.0. The monoisotopic (exact) mass is 618 g/mol. The number of nitrogens with zero attached hydrogens (tertiary/aromatic N) is 3. The Bertz CT molecular complexity index is 1560. The summed E-state index contributed by atoms with van der Waals surface area (Å²) in [6.45, 7) is 7.43. The van der Waals surface area contributed by atoms with Gasteiger partial charge in [0.1, 0.15) is 24.6 Å². The van der Waals surface area contributed by atoms with Gasteiger partial charge in [-0.15, -0.1) is 12.3 Å². The third-order valence-corrected chi connectivity index (χ3v) is 6.04. The number of hydrogen-bond donors (Lipinski definition) is 3. The number of amides is 3. The second-order valence-electron chi connectivity index (χ2n) is 9.39. The Morgan fingerprint density at radius 2 is 2.00 bits per heavy atom. The summed E-state index contributed by atoms with van der Waals surface area (Å²) >= 11 is 0. The molecule has 238 valence electrons. The molecule has 1 aliphatic heterocycles. The van der Waals surface area contributed by atoms with Gasteiger partial charge < -0.3 is 29.8 Å². The maximum Gasteiger partial charge on any atom is 0.330 e. The van der Waals surface area contributed by atoms with Crippen LogP contribution in [-0.4, -0.2) is 51.0 Å². The molecule has 0 bridgehead atoms. The predicted molar refractivity (Wildman–Crippen MR) is 167 cm³/mol. The van der Waals surface area contributed by atoms with Crippen molar-refractivity contribution in [2.45, 2.75) is 59.7 Å². The van der Waals surface area contributed by atoms with Crippen LogP contribution in [0.3, 0.4) is 0 Å². The van der Waals surface area contributed by atoms with Crippen molar-refractivity contribution in [2.75, 3.05) is 11.9 Å². The number of hydrogen-bond acceptors (Lipinski definition) is 9. The average molecular weight is 619 g/mol. The van der Waals surface area contributed by atoms with Crippen molar-refractivity contribution in [1.29, 1.82) is 0 Å². The molecule has 13 heteroatoms. The van der Waals surface area contributed by atoms with Gasteiger partial charge in [0.15, 0.2) is 5.69 Å². The number of carbonyl (C=O) groups excluding carboxylic acids is 4. The lowest BCUT2D eigenvalue weighted by Gasteiger charge is -2.18. The van der Waals surface area contributed by atoms with Gasteiger partial charge in [-0.1, -0.05) is 31.1 Å². The number of pyridine rings is 2. The van der Waals surface area contributed by atoms with Crippen LogP contribution >= 0.6 is 0 Å². The summed E-state index contributed by atoms with van der Waals surface area (Å²) in [7, 11) is 0. The van der Waals surface area contributed by atoms with Crippen molar-refractivity contribution in [1.82, 2.24) is 25.3 Å². The van der Waals surface area contributed by atoms with Crippen molar-refractivity contribution in [2.24, 2.45) is 5.92 Å². The maximum absolute atomic E-state index is 12.9. The smallest absolute Gasteiger partial charge is 0.330 e. The third kappa shape index (κ3) is 11.9. The van der Waals surface area contributed by atoms with Gasteiger partial charge in [-0.05, 0) is 51.0 Å². The zero-order valence-electron chi connectivity index (χ0n) is 25.7. The van der Waals surface area contributed by atoms with Crippen LogP contribution in [0.2, 0.25) is 0 Å². The summed E-state index contributed by atoms with van der Waals surface area (Å²) < 4.78 is 11.2. The molecule has 4 heterocycles. The largest absolute Gasteiger partial charge is 0.456 e. The van der Waals surface area contributed by atoms with Gasteiger partial charge in [0.2, 0.25) is 11.8 Å². The van der Waals surface area contributed by atoms with Gasteiger partial charge in [-0.2, -0.15) is 0 Å². The van der Waals surface area contributed by atoms with Crippen LogP contribution in [0.1, 0.15) is 55.6 Å². The van der Waals surface area contributed by atoms with E-state index in [0.29, 0.717) is 24.4 Å². The number of aromatic nitrogens is 3. The minimum atomic E-state index is -0.683. The molecule has 4 rings (SSSR count). The fourth-order valence-corrected chi connectivity index (χ4v) is 4.06. The van der Waals surface area contributed by atoms with Gasteiger partial charge in [-0.25, -0.2) is 4.79 Å². The first-order chi connectivity index (χ1) is 21.7. The SMILES string of the molecule is C#CC.CC.Cc1cc(C(=O)Nc2cccn(CC(=O)NC(/C=C/C(=O)OCc3ccccn3)CC3CCNC3=O)c2=O)no1. The summed E-state index contributed by atoms with van der Waals surface area (Å²) in [5, 5.41) is 11.6. The highest BCUT2D eigenvalue weighted by Gasteiger charge is 2.27.